The summed E-state index contributed by atoms with van der Waals surface area (Å²) in [4.78, 5) is 15.6. The predicted molar refractivity (Wildman–Crippen MR) is 208 cm³/mol. The van der Waals surface area contributed by atoms with E-state index in [-0.39, 0.29) is 0 Å². The van der Waals surface area contributed by atoms with E-state index in [4.69, 9.17) is 15.0 Å². The first-order valence-corrected chi connectivity index (χ1v) is 17.1. The van der Waals surface area contributed by atoms with Crippen molar-refractivity contribution in [2.24, 2.45) is 0 Å². The second-order valence-corrected chi connectivity index (χ2v) is 12.9. The van der Waals surface area contributed by atoms with Crippen LogP contribution in [0.4, 0.5) is 0 Å². The minimum Gasteiger partial charge on any atom is -0.307 e. The monoisotopic (exact) mass is 652 g/mol. The molecular formula is C45H28N6. The van der Waals surface area contributed by atoms with E-state index in [0.717, 1.165) is 66.2 Å². The van der Waals surface area contributed by atoms with E-state index in [1.54, 1.807) is 0 Å². The van der Waals surface area contributed by atoms with Gasteiger partial charge in [0, 0.05) is 38.4 Å². The van der Waals surface area contributed by atoms with E-state index in [0.29, 0.717) is 17.6 Å². The van der Waals surface area contributed by atoms with Crippen molar-refractivity contribution in [3.63, 3.8) is 0 Å². The van der Waals surface area contributed by atoms with Gasteiger partial charge in [-0.15, -0.1) is 0 Å². The number of aromatic nitrogens is 6. The molecule has 0 aliphatic rings. The quantitative estimate of drug-likeness (QED) is 0.190. The fraction of sp³-hybridized carbons (Fsp3) is 0. The number of pyridine rings is 1. The van der Waals surface area contributed by atoms with E-state index in [1.807, 2.05) is 36.4 Å². The molecule has 0 spiro atoms. The van der Waals surface area contributed by atoms with Gasteiger partial charge in [-0.1, -0.05) is 133 Å². The third-order valence-corrected chi connectivity index (χ3v) is 10.0. The molecule has 6 nitrogen and oxygen atoms in total. The third kappa shape index (κ3) is 4.01. The van der Waals surface area contributed by atoms with Crippen LogP contribution in [0.15, 0.2) is 170 Å². The average Bonchev–Trinajstić information content (AvgIpc) is 3.87. The summed E-state index contributed by atoms with van der Waals surface area (Å²) in [5, 5.41) is 4.63. The van der Waals surface area contributed by atoms with Gasteiger partial charge in [-0.25, -0.2) is 4.98 Å². The summed E-state index contributed by atoms with van der Waals surface area (Å²) in [6, 6.07) is 59.4. The van der Waals surface area contributed by atoms with E-state index >= 15 is 0 Å². The van der Waals surface area contributed by atoms with Crippen LogP contribution in [0.2, 0.25) is 0 Å². The molecule has 238 valence electrons. The Hall–Kier alpha value is -7.05. The first-order valence-electron chi connectivity index (χ1n) is 17.1. The largest absolute Gasteiger partial charge is 0.307 e. The first-order chi connectivity index (χ1) is 25.3. The number of hydrogen-bond acceptors (Lipinski definition) is 3. The highest BCUT2D eigenvalue weighted by Gasteiger charge is 2.27. The predicted octanol–water partition coefficient (Wildman–Crippen LogP) is 10.8. The van der Waals surface area contributed by atoms with Crippen molar-refractivity contribution in [2.75, 3.05) is 0 Å². The lowest BCUT2D eigenvalue weighted by Gasteiger charge is -2.13. The van der Waals surface area contributed by atoms with Gasteiger partial charge in [0.2, 0.25) is 5.95 Å². The van der Waals surface area contributed by atoms with E-state index in [1.165, 1.54) is 10.8 Å². The second-order valence-electron chi connectivity index (χ2n) is 12.9. The summed E-state index contributed by atoms with van der Waals surface area (Å²) in [5.41, 5.74) is 10.7. The number of nitrogens with zero attached hydrogens (tertiary/aromatic N) is 6. The van der Waals surface area contributed by atoms with Gasteiger partial charge in [0.1, 0.15) is 0 Å². The Balaban J connectivity index is 1.41. The SMILES string of the molecule is c1ccc(-c2nc(-c3ccccc3)nc(-n3c4ccccc4c4c3c3c5ccccc5n(-c5ccccc5)c3c3cc5ccccc5n34)n2)cc1. The molecule has 5 heterocycles. The lowest BCUT2D eigenvalue weighted by atomic mass is 10.1. The molecule has 0 bridgehead atoms. The van der Waals surface area contributed by atoms with E-state index in [9.17, 15) is 0 Å². The minimum absolute atomic E-state index is 0.572. The molecule has 11 rings (SSSR count). The molecule has 11 aromatic rings. The second kappa shape index (κ2) is 10.7. The zero-order valence-corrected chi connectivity index (χ0v) is 27.3. The maximum atomic E-state index is 5.28. The highest BCUT2D eigenvalue weighted by Crippen LogP contribution is 2.45. The number of para-hydroxylation sites is 4. The van der Waals surface area contributed by atoms with Gasteiger partial charge in [-0.05, 0) is 36.4 Å². The lowest BCUT2D eigenvalue weighted by Crippen LogP contribution is -2.07. The minimum atomic E-state index is 0.572. The average molecular weight is 653 g/mol. The number of hydrogen-bond donors (Lipinski definition) is 0. The molecule has 6 aromatic carbocycles. The van der Waals surface area contributed by atoms with Crippen molar-refractivity contribution in [3.8, 4) is 34.4 Å². The van der Waals surface area contributed by atoms with Crippen LogP contribution >= 0.6 is 0 Å². The molecule has 0 aliphatic heterocycles. The molecule has 6 heteroatoms. The Kier molecular flexibility index (Phi) is 5.86. The summed E-state index contributed by atoms with van der Waals surface area (Å²) >= 11 is 0. The maximum absolute atomic E-state index is 5.28. The molecule has 0 saturated heterocycles. The zero-order chi connectivity index (χ0) is 33.5. The van der Waals surface area contributed by atoms with Crippen LogP contribution in [0.3, 0.4) is 0 Å². The molecule has 0 radical (unpaired) electrons. The first kappa shape index (κ1) is 27.9. The Morgan fingerprint density at radius 1 is 0.373 bits per heavy atom. The van der Waals surface area contributed by atoms with E-state index in [2.05, 4.69) is 147 Å². The van der Waals surface area contributed by atoms with Gasteiger partial charge in [0.05, 0.1) is 38.6 Å². The molecule has 0 fully saturated rings. The van der Waals surface area contributed by atoms with Crippen molar-refractivity contribution in [1.82, 2.24) is 28.5 Å². The topological polar surface area (TPSA) is 52.9 Å². The van der Waals surface area contributed by atoms with Gasteiger partial charge >= 0.3 is 0 Å². The van der Waals surface area contributed by atoms with Crippen molar-refractivity contribution in [3.05, 3.63) is 170 Å². The van der Waals surface area contributed by atoms with Crippen LogP contribution < -0.4 is 0 Å². The summed E-state index contributed by atoms with van der Waals surface area (Å²) in [6.45, 7) is 0. The number of benzene rings is 6. The summed E-state index contributed by atoms with van der Waals surface area (Å²) in [5.74, 6) is 1.82. The summed E-state index contributed by atoms with van der Waals surface area (Å²) in [6.07, 6.45) is 0. The highest BCUT2D eigenvalue weighted by molar-refractivity contribution is 6.29. The fourth-order valence-electron chi connectivity index (χ4n) is 7.92. The third-order valence-electron chi connectivity index (χ3n) is 10.0. The highest BCUT2D eigenvalue weighted by atomic mass is 15.2. The molecule has 5 aromatic heterocycles. The van der Waals surface area contributed by atoms with E-state index < -0.39 is 0 Å². The molecule has 0 saturated carbocycles. The van der Waals surface area contributed by atoms with Gasteiger partial charge in [-0.3, -0.25) is 4.57 Å². The van der Waals surface area contributed by atoms with Gasteiger partial charge in [-0.2, -0.15) is 9.97 Å². The molecule has 51 heavy (non-hydrogen) atoms. The van der Waals surface area contributed by atoms with Crippen molar-refractivity contribution in [2.45, 2.75) is 0 Å². The summed E-state index contributed by atoms with van der Waals surface area (Å²) in [7, 11) is 0. The van der Waals surface area contributed by atoms with Gasteiger partial charge in [0.25, 0.3) is 0 Å². The van der Waals surface area contributed by atoms with Crippen molar-refractivity contribution >= 4 is 60.2 Å². The molecular weight excluding hydrogens is 625 g/mol. The smallest absolute Gasteiger partial charge is 0.238 e. The molecule has 0 amide bonds. The van der Waals surface area contributed by atoms with Crippen LogP contribution in [0.5, 0.6) is 0 Å². The Labute approximate surface area is 292 Å². The summed E-state index contributed by atoms with van der Waals surface area (Å²) < 4.78 is 7.13. The molecule has 0 aliphatic carbocycles. The molecule has 0 unspecified atom stereocenters. The Bertz CT molecular complexity index is 3060. The van der Waals surface area contributed by atoms with Crippen LogP contribution in [0.25, 0.3) is 94.6 Å². The Morgan fingerprint density at radius 3 is 1.57 bits per heavy atom. The normalized spacial score (nSPS) is 11.9. The fourth-order valence-corrected chi connectivity index (χ4v) is 7.92. The van der Waals surface area contributed by atoms with Crippen molar-refractivity contribution < 1.29 is 0 Å². The number of rotatable bonds is 4. The van der Waals surface area contributed by atoms with Gasteiger partial charge in [0.15, 0.2) is 11.6 Å². The van der Waals surface area contributed by atoms with Crippen LogP contribution in [0.1, 0.15) is 0 Å². The molecule has 0 atom stereocenters. The van der Waals surface area contributed by atoms with Gasteiger partial charge < -0.3 is 8.97 Å². The van der Waals surface area contributed by atoms with Crippen LogP contribution in [0, 0.1) is 0 Å². The van der Waals surface area contributed by atoms with Crippen LogP contribution in [-0.2, 0) is 0 Å². The van der Waals surface area contributed by atoms with Crippen molar-refractivity contribution in [1.29, 1.82) is 0 Å². The molecule has 0 N–H and O–H groups in total. The zero-order valence-electron chi connectivity index (χ0n) is 27.3. The Morgan fingerprint density at radius 2 is 0.902 bits per heavy atom. The van der Waals surface area contributed by atoms with Crippen LogP contribution in [-0.4, -0.2) is 28.5 Å². The number of fused-ring (bicyclic) bond motifs is 12. The lowest BCUT2D eigenvalue weighted by molar-refractivity contribution is 0.954. The maximum Gasteiger partial charge on any atom is 0.238 e. The standard InChI is InChI=1S/C45H28N6/c1-4-16-29(17-5-1)43-46-44(30-18-6-2-7-19-30)48-45(47-43)51-37-27-15-12-24-34(37)40-42(51)39-33-23-11-14-26-36(33)49(32-21-8-3-9-22-32)41(39)38-28-31-20-10-13-25-35(31)50(38)40/h1-28H.